The summed E-state index contributed by atoms with van der Waals surface area (Å²) in [4.78, 5) is 17.9. The molecule has 0 saturated carbocycles. The van der Waals surface area contributed by atoms with Gasteiger partial charge in [0, 0.05) is 41.3 Å². The van der Waals surface area contributed by atoms with Gasteiger partial charge in [-0.05, 0) is 6.92 Å². The Morgan fingerprint density at radius 2 is 2.67 bits per heavy atom. The average Bonchev–Trinajstić information content (AvgIpc) is 2.51. The Kier molecular flexibility index (Phi) is 3.67. The molecule has 1 rings (SSSR count). The van der Waals surface area contributed by atoms with E-state index >= 15 is 0 Å². The number of rotatable bonds is 4. The fourth-order valence-corrected chi connectivity index (χ4v) is 1.45. The molecule has 1 aromatic rings. The van der Waals surface area contributed by atoms with Gasteiger partial charge in [0.15, 0.2) is 0 Å². The molecular formula is C7H10IN3O. The number of imidazole rings is 1. The average molecular weight is 279 g/mol. The molecule has 1 heterocycles. The predicted octanol–water partition coefficient (Wildman–Crippen LogP) is 1.02. The van der Waals surface area contributed by atoms with Gasteiger partial charge in [0.25, 0.3) is 0 Å². The number of hydrogen-bond acceptors (Lipinski definition) is 3. The minimum Gasteiger partial charge on any atom is -0.348 e. The number of ketones is 1. The molecule has 4 nitrogen and oxygen atoms in total. The number of H-pyrrole nitrogens is 1. The molecule has 1 unspecified atom stereocenters. The highest BCUT2D eigenvalue weighted by Crippen LogP contribution is 2.12. The first-order valence-corrected chi connectivity index (χ1v) is 4.65. The van der Waals surface area contributed by atoms with Gasteiger partial charge in [-0.25, -0.2) is 4.98 Å². The van der Waals surface area contributed by atoms with Crippen molar-refractivity contribution >= 4 is 28.6 Å². The van der Waals surface area contributed by atoms with Crippen molar-refractivity contribution in [1.82, 2.24) is 13.5 Å². The number of aromatic amines is 1. The maximum absolute atomic E-state index is 11.1. The van der Waals surface area contributed by atoms with Crippen LogP contribution in [0.5, 0.6) is 0 Å². The largest absolute Gasteiger partial charge is 0.348 e. The van der Waals surface area contributed by atoms with E-state index in [4.69, 9.17) is 0 Å². The summed E-state index contributed by atoms with van der Waals surface area (Å²) in [7, 11) is 0. The van der Waals surface area contributed by atoms with Crippen molar-refractivity contribution in [3.05, 3.63) is 18.2 Å². The van der Waals surface area contributed by atoms with Crippen LogP contribution >= 0.6 is 22.9 Å². The fourth-order valence-electron chi connectivity index (χ4n) is 1.01. The molecule has 1 aromatic heterocycles. The van der Waals surface area contributed by atoms with Gasteiger partial charge in [-0.3, -0.25) is 8.32 Å². The molecule has 0 saturated heterocycles. The maximum Gasteiger partial charge on any atom is 0.140 e. The maximum atomic E-state index is 11.1. The van der Waals surface area contributed by atoms with Crippen LogP contribution in [-0.2, 0) is 4.79 Å². The van der Waals surface area contributed by atoms with E-state index in [2.05, 4.69) is 13.5 Å². The number of nitrogens with zero attached hydrogens (tertiary/aromatic N) is 1. The highest BCUT2D eigenvalue weighted by atomic mass is 127. The summed E-state index contributed by atoms with van der Waals surface area (Å²) in [5, 5.41) is 0. The molecule has 2 N–H and O–H groups in total. The lowest BCUT2D eigenvalue weighted by atomic mass is 10.0. The van der Waals surface area contributed by atoms with Crippen LogP contribution in [0.3, 0.4) is 0 Å². The summed E-state index contributed by atoms with van der Waals surface area (Å²) in [5.41, 5.74) is 0.867. The summed E-state index contributed by atoms with van der Waals surface area (Å²) in [6.07, 6.45) is 3.26. The molecule has 0 spiro atoms. The Bertz CT molecular complexity index is 247. The SMILES string of the molecule is CC(=O)C(CNI)c1cnc[nH]1. The molecular weight excluding hydrogens is 269 g/mol. The van der Waals surface area contributed by atoms with Gasteiger partial charge in [0.2, 0.25) is 0 Å². The molecule has 0 fully saturated rings. The normalized spacial score (nSPS) is 12.8. The summed E-state index contributed by atoms with van der Waals surface area (Å²) in [6.45, 7) is 2.22. The van der Waals surface area contributed by atoms with Crippen molar-refractivity contribution < 1.29 is 4.79 Å². The lowest BCUT2D eigenvalue weighted by molar-refractivity contribution is -0.118. The van der Waals surface area contributed by atoms with Gasteiger partial charge >= 0.3 is 0 Å². The van der Waals surface area contributed by atoms with Crippen LogP contribution < -0.4 is 3.53 Å². The van der Waals surface area contributed by atoms with Gasteiger partial charge in [-0.1, -0.05) is 0 Å². The standard InChI is InChI=1S/C7H10IN3O/c1-5(12)6(2-11-8)7-3-9-4-10-7/h3-4,6,11H,2H2,1H3,(H,9,10). The third-order valence-electron chi connectivity index (χ3n) is 1.67. The third kappa shape index (κ3) is 2.28. The molecule has 0 bridgehead atoms. The van der Waals surface area contributed by atoms with Crippen LogP contribution in [0.25, 0.3) is 0 Å². The van der Waals surface area contributed by atoms with E-state index in [9.17, 15) is 4.79 Å². The molecule has 0 radical (unpaired) electrons. The minimum atomic E-state index is -0.107. The molecule has 0 aromatic carbocycles. The molecule has 66 valence electrons. The Morgan fingerprint density at radius 3 is 3.08 bits per heavy atom. The zero-order valence-electron chi connectivity index (χ0n) is 6.67. The molecule has 12 heavy (non-hydrogen) atoms. The predicted molar refractivity (Wildman–Crippen MR) is 54.0 cm³/mol. The minimum absolute atomic E-state index is 0.107. The lowest BCUT2D eigenvalue weighted by Crippen LogP contribution is -2.19. The number of nitrogens with one attached hydrogen (secondary N) is 2. The highest BCUT2D eigenvalue weighted by molar-refractivity contribution is 14.1. The molecule has 0 amide bonds. The summed E-state index contributed by atoms with van der Waals surface area (Å²) in [6, 6.07) is 0. The Hall–Kier alpha value is -0.430. The van der Waals surface area contributed by atoms with Crippen molar-refractivity contribution in [2.45, 2.75) is 12.8 Å². The molecule has 0 aliphatic carbocycles. The smallest absolute Gasteiger partial charge is 0.140 e. The van der Waals surface area contributed by atoms with Crippen LogP contribution in [0.15, 0.2) is 12.5 Å². The van der Waals surface area contributed by atoms with E-state index in [1.807, 2.05) is 22.9 Å². The second-order valence-electron chi connectivity index (χ2n) is 2.51. The monoisotopic (exact) mass is 279 g/mol. The van der Waals surface area contributed by atoms with E-state index in [0.717, 1.165) is 5.69 Å². The van der Waals surface area contributed by atoms with Crippen LogP contribution in [-0.4, -0.2) is 22.3 Å². The van der Waals surface area contributed by atoms with Crippen LogP contribution in [0.1, 0.15) is 18.5 Å². The van der Waals surface area contributed by atoms with Crippen molar-refractivity contribution in [3.8, 4) is 0 Å². The van der Waals surface area contributed by atoms with Crippen LogP contribution in [0.2, 0.25) is 0 Å². The number of carbonyl (C=O) groups excluding carboxylic acids is 1. The van der Waals surface area contributed by atoms with Crippen molar-refractivity contribution in [3.63, 3.8) is 0 Å². The van der Waals surface area contributed by atoms with Gasteiger partial charge < -0.3 is 4.98 Å². The van der Waals surface area contributed by atoms with Gasteiger partial charge in [0.05, 0.1) is 12.2 Å². The molecule has 0 aliphatic heterocycles. The zero-order chi connectivity index (χ0) is 8.97. The van der Waals surface area contributed by atoms with E-state index in [1.54, 1.807) is 19.4 Å². The number of Topliss-reactive ketones (excluding diaryl/α,β-unsaturated/α-hetero) is 1. The van der Waals surface area contributed by atoms with Gasteiger partial charge in [0.1, 0.15) is 5.78 Å². The van der Waals surface area contributed by atoms with Crippen molar-refractivity contribution in [1.29, 1.82) is 0 Å². The molecule has 5 heteroatoms. The van der Waals surface area contributed by atoms with Crippen LogP contribution in [0.4, 0.5) is 0 Å². The first-order chi connectivity index (χ1) is 5.75. The first-order valence-electron chi connectivity index (χ1n) is 3.58. The van der Waals surface area contributed by atoms with E-state index in [0.29, 0.717) is 6.54 Å². The van der Waals surface area contributed by atoms with Crippen LogP contribution in [0, 0.1) is 0 Å². The fraction of sp³-hybridized carbons (Fsp3) is 0.429. The molecule has 0 aliphatic rings. The number of carbonyl (C=O) groups is 1. The topological polar surface area (TPSA) is 57.8 Å². The van der Waals surface area contributed by atoms with Gasteiger partial charge in [-0.15, -0.1) is 0 Å². The van der Waals surface area contributed by atoms with Crippen molar-refractivity contribution in [2.75, 3.05) is 6.54 Å². The Balaban J connectivity index is 2.73. The number of hydrogen-bond donors (Lipinski definition) is 2. The second kappa shape index (κ2) is 4.56. The quantitative estimate of drug-likeness (QED) is 0.639. The Labute approximate surface area is 84.6 Å². The summed E-state index contributed by atoms with van der Waals surface area (Å²) < 4.78 is 2.94. The summed E-state index contributed by atoms with van der Waals surface area (Å²) in [5.74, 6) is 0.0350. The van der Waals surface area contributed by atoms with Gasteiger partial charge in [-0.2, -0.15) is 0 Å². The van der Waals surface area contributed by atoms with E-state index in [-0.39, 0.29) is 11.7 Å². The van der Waals surface area contributed by atoms with Crippen molar-refractivity contribution in [2.24, 2.45) is 0 Å². The lowest BCUT2D eigenvalue weighted by Gasteiger charge is -2.09. The second-order valence-corrected chi connectivity index (χ2v) is 3.27. The summed E-state index contributed by atoms with van der Waals surface area (Å²) >= 11 is 2.02. The van der Waals surface area contributed by atoms with E-state index in [1.165, 1.54) is 0 Å². The first kappa shape index (κ1) is 9.66. The number of halogens is 1. The highest BCUT2D eigenvalue weighted by Gasteiger charge is 2.16. The number of aromatic nitrogens is 2. The third-order valence-corrected chi connectivity index (χ3v) is 2.11. The Morgan fingerprint density at radius 1 is 1.92 bits per heavy atom. The van der Waals surface area contributed by atoms with E-state index < -0.39 is 0 Å². The molecule has 1 atom stereocenters. The zero-order valence-corrected chi connectivity index (χ0v) is 8.83.